The van der Waals surface area contributed by atoms with Crippen LogP contribution in [0, 0.1) is 0 Å². The molecule has 0 spiro atoms. The molecule has 0 aliphatic carbocycles. The summed E-state index contributed by atoms with van der Waals surface area (Å²) in [7, 11) is 3.09. The molecule has 0 radical (unpaired) electrons. The van der Waals surface area contributed by atoms with Crippen molar-refractivity contribution < 1.29 is 14.3 Å². The first-order valence-corrected chi connectivity index (χ1v) is 7.64. The van der Waals surface area contributed by atoms with Gasteiger partial charge in [0.15, 0.2) is 5.69 Å². The van der Waals surface area contributed by atoms with Crippen molar-refractivity contribution in [2.75, 3.05) is 19.5 Å². The number of aromatic nitrogens is 2. The van der Waals surface area contributed by atoms with Crippen LogP contribution < -0.4 is 14.8 Å². The van der Waals surface area contributed by atoms with Crippen LogP contribution >= 0.6 is 0 Å². The van der Waals surface area contributed by atoms with Gasteiger partial charge in [0.1, 0.15) is 11.5 Å². The molecule has 25 heavy (non-hydrogen) atoms. The summed E-state index contributed by atoms with van der Waals surface area (Å²) in [5, 5.41) is 10.9. The number of nitrogens with zero attached hydrogens (tertiary/aromatic N) is 2. The highest BCUT2D eigenvalue weighted by Gasteiger charge is 2.13. The normalized spacial score (nSPS) is 10.2. The van der Waals surface area contributed by atoms with Crippen molar-refractivity contribution in [1.82, 2.24) is 10.2 Å². The number of rotatable bonds is 5. The second-order valence-corrected chi connectivity index (χ2v) is 5.19. The van der Waals surface area contributed by atoms with E-state index in [2.05, 4.69) is 15.5 Å². The van der Waals surface area contributed by atoms with E-state index in [-0.39, 0.29) is 11.6 Å². The van der Waals surface area contributed by atoms with Crippen molar-refractivity contribution in [2.45, 2.75) is 0 Å². The number of amides is 1. The molecule has 0 fully saturated rings. The monoisotopic (exact) mass is 335 g/mol. The smallest absolute Gasteiger partial charge is 0.276 e. The Labute approximate surface area is 145 Å². The first kappa shape index (κ1) is 16.4. The lowest BCUT2D eigenvalue weighted by Gasteiger charge is -2.11. The number of carbonyl (C=O) groups is 1. The molecule has 0 atom stereocenters. The van der Waals surface area contributed by atoms with Gasteiger partial charge >= 0.3 is 0 Å². The van der Waals surface area contributed by atoms with Crippen LogP contribution in [0.5, 0.6) is 11.5 Å². The Bertz CT molecular complexity index is 865. The number of methoxy groups -OCH3 is 2. The highest BCUT2D eigenvalue weighted by atomic mass is 16.5. The Hall–Kier alpha value is -3.41. The van der Waals surface area contributed by atoms with Gasteiger partial charge in [-0.1, -0.05) is 30.3 Å². The molecule has 6 nitrogen and oxygen atoms in total. The van der Waals surface area contributed by atoms with Gasteiger partial charge in [-0.15, -0.1) is 10.2 Å². The molecule has 126 valence electrons. The molecule has 1 aromatic heterocycles. The maximum Gasteiger partial charge on any atom is 0.276 e. The summed E-state index contributed by atoms with van der Waals surface area (Å²) in [6, 6.07) is 18.2. The average molecular weight is 335 g/mol. The van der Waals surface area contributed by atoms with Gasteiger partial charge in [0.05, 0.1) is 25.6 Å². The lowest BCUT2D eigenvalue weighted by molar-refractivity contribution is 0.102. The number of benzene rings is 2. The summed E-state index contributed by atoms with van der Waals surface area (Å²) in [4.78, 5) is 12.4. The van der Waals surface area contributed by atoms with Gasteiger partial charge in [-0.3, -0.25) is 4.79 Å². The molecule has 1 heterocycles. The van der Waals surface area contributed by atoms with Gasteiger partial charge in [0.2, 0.25) is 0 Å². The van der Waals surface area contributed by atoms with Crippen molar-refractivity contribution >= 4 is 11.6 Å². The van der Waals surface area contributed by atoms with Crippen LogP contribution in [-0.2, 0) is 0 Å². The van der Waals surface area contributed by atoms with E-state index in [9.17, 15) is 4.79 Å². The van der Waals surface area contributed by atoms with Crippen LogP contribution in [0.3, 0.4) is 0 Å². The van der Waals surface area contributed by atoms with Crippen molar-refractivity contribution in [1.29, 1.82) is 0 Å². The minimum absolute atomic E-state index is 0.220. The Morgan fingerprint density at radius 2 is 1.72 bits per heavy atom. The van der Waals surface area contributed by atoms with Crippen molar-refractivity contribution in [2.24, 2.45) is 0 Å². The summed E-state index contributed by atoms with van der Waals surface area (Å²) in [5.41, 5.74) is 2.40. The van der Waals surface area contributed by atoms with E-state index in [4.69, 9.17) is 9.47 Å². The Kier molecular flexibility index (Phi) is 4.89. The zero-order valence-corrected chi connectivity index (χ0v) is 13.9. The van der Waals surface area contributed by atoms with Crippen molar-refractivity contribution in [3.63, 3.8) is 0 Å². The van der Waals surface area contributed by atoms with E-state index in [1.54, 1.807) is 37.4 Å². The van der Waals surface area contributed by atoms with Gasteiger partial charge in [0, 0.05) is 11.6 Å². The second-order valence-electron chi connectivity index (χ2n) is 5.19. The zero-order chi connectivity index (χ0) is 17.6. The van der Waals surface area contributed by atoms with Crippen LogP contribution in [0.25, 0.3) is 11.3 Å². The van der Waals surface area contributed by atoms with E-state index in [1.165, 1.54) is 7.11 Å². The molecular formula is C19H17N3O3. The summed E-state index contributed by atoms with van der Waals surface area (Å²) in [5.74, 6) is 0.777. The first-order valence-electron chi connectivity index (χ1n) is 7.64. The highest BCUT2D eigenvalue weighted by Crippen LogP contribution is 2.29. The molecule has 2 aromatic carbocycles. The molecule has 0 saturated heterocycles. The Morgan fingerprint density at radius 3 is 2.36 bits per heavy atom. The minimum atomic E-state index is -0.365. The minimum Gasteiger partial charge on any atom is -0.497 e. The molecule has 6 heteroatoms. The van der Waals surface area contributed by atoms with Crippen LogP contribution in [-0.4, -0.2) is 30.3 Å². The van der Waals surface area contributed by atoms with Gasteiger partial charge in [-0.05, 0) is 24.3 Å². The predicted octanol–water partition coefficient (Wildman–Crippen LogP) is 3.41. The Balaban J connectivity index is 1.78. The van der Waals surface area contributed by atoms with E-state index in [1.807, 2.05) is 30.3 Å². The lowest BCUT2D eigenvalue weighted by atomic mass is 10.1. The molecule has 0 aliphatic heterocycles. The van der Waals surface area contributed by atoms with E-state index < -0.39 is 0 Å². The number of anilines is 1. The Morgan fingerprint density at radius 1 is 0.920 bits per heavy atom. The van der Waals surface area contributed by atoms with Crippen LogP contribution in [0.2, 0.25) is 0 Å². The summed E-state index contributed by atoms with van der Waals surface area (Å²) in [6.07, 6.45) is 0. The molecule has 0 saturated carbocycles. The fraction of sp³-hybridized carbons (Fsp3) is 0.105. The number of ether oxygens (including phenoxy) is 2. The van der Waals surface area contributed by atoms with Crippen LogP contribution in [0.4, 0.5) is 5.69 Å². The van der Waals surface area contributed by atoms with Crippen LogP contribution in [0.1, 0.15) is 10.5 Å². The maximum atomic E-state index is 12.4. The molecule has 0 aliphatic rings. The number of hydrogen-bond donors (Lipinski definition) is 1. The third kappa shape index (κ3) is 3.74. The zero-order valence-electron chi connectivity index (χ0n) is 13.9. The van der Waals surface area contributed by atoms with Crippen molar-refractivity contribution in [3.05, 3.63) is 66.4 Å². The van der Waals surface area contributed by atoms with Gasteiger partial charge in [-0.25, -0.2) is 0 Å². The number of hydrogen-bond acceptors (Lipinski definition) is 5. The molecule has 1 amide bonds. The molecule has 0 unspecified atom stereocenters. The van der Waals surface area contributed by atoms with E-state index >= 15 is 0 Å². The van der Waals surface area contributed by atoms with Gasteiger partial charge < -0.3 is 14.8 Å². The summed E-state index contributed by atoms with van der Waals surface area (Å²) in [6.45, 7) is 0. The second kappa shape index (κ2) is 7.44. The van der Waals surface area contributed by atoms with E-state index in [0.29, 0.717) is 22.9 Å². The quantitative estimate of drug-likeness (QED) is 0.773. The standard InChI is InChI=1S/C19H17N3O3/c1-24-14-8-9-16(18(12-14)25-2)20-19(23)17-11-10-15(21-22-17)13-6-4-3-5-7-13/h3-12H,1-2H3,(H,20,23). The van der Waals surface area contributed by atoms with Crippen molar-refractivity contribution in [3.8, 4) is 22.8 Å². The first-order chi connectivity index (χ1) is 12.2. The topological polar surface area (TPSA) is 73.3 Å². The lowest BCUT2D eigenvalue weighted by Crippen LogP contribution is -2.15. The molecule has 3 aromatic rings. The third-order valence-corrected chi connectivity index (χ3v) is 3.62. The molecule has 0 bridgehead atoms. The molecular weight excluding hydrogens is 318 g/mol. The summed E-state index contributed by atoms with van der Waals surface area (Å²) < 4.78 is 10.4. The average Bonchev–Trinajstić information content (AvgIpc) is 2.69. The van der Waals surface area contributed by atoms with Gasteiger partial charge in [-0.2, -0.15) is 0 Å². The fourth-order valence-corrected chi connectivity index (χ4v) is 2.30. The summed E-state index contributed by atoms with van der Waals surface area (Å²) >= 11 is 0. The third-order valence-electron chi connectivity index (χ3n) is 3.62. The van der Waals surface area contributed by atoms with E-state index in [0.717, 1.165) is 5.56 Å². The molecule has 3 rings (SSSR count). The SMILES string of the molecule is COc1ccc(NC(=O)c2ccc(-c3ccccc3)nn2)c(OC)c1. The highest BCUT2D eigenvalue weighted by molar-refractivity contribution is 6.03. The predicted molar refractivity (Wildman–Crippen MR) is 95.0 cm³/mol. The van der Waals surface area contributed by atoms with Crippen LogP contribution in [0.15, 0.2) is 60.7 Å². The fourth-order valence-electron chi connectivity index (χ4n) is 2.30. The molecule has 1 N–H and O–H groups in total. The van der Waals surface area contributed by atoms with Gasteiger partial charge in [0.25, 0.3) is 5.91 Å². The largest absolute Gasteiger partial charge is 0.497 e. The number of nitrogens with one attached hydrogen (secondary N) is 1. The number of carbonyl (C=O) groups excluding carboxylic acids is 1. The maximum absolute atomic E-state index is 12.4.